The summed E-state index contributed by atoms with van der Waals surface area (Å²) in [6.07, 6.45) is 5.97. The topological polar surface area (TPSA) is 63.8 Å². The molecule has 1 heterocycles. The van der Waals surface area contributed by atoms with Crippen molar-refractivity contribution in [2.45, 2.75) is 51.6 Å². The molecule has 0 aliphatic heterocycles. The number of aryl methyl sites for hydroxylation is 1. The molecule has 5 heteroatoms. The number of rotatable bonds is 4. The number of tetrazole rings is 1. The summed E-state index contributed by atoms with van der Waals surface area (Å²) >= 11 is 0. The molecular weight excluding hydrogens is 204 g/mol. The van der Waals surface area contributed by atoms with Crippen molar-refractivity contribution in [1.82, 2.24) is 20.2 Å². The molecule has 0 radical (unpaired) electrons. The molecule has 0 aromatic carbocycles. The number of hydrogen-bond acceptors (Lipinski definition) is 4. The molecule has 0 amide bonds. The van der Waals surface area contributed by atoms with Crippen molar-refractivity contribution in [3.8, 4) is 0 Å². The maximum Gasteiger partial charge on any atom is 0.177 e. The molecule has 90 valence electrons. The maximum atomic E-state index is 10.3. The van der Waals surface area contributed by atoms with E-state index in [-0.39, 0.29) is 11.5 Å². The second-order valence-corrected chi connectivity index (χ2v) is 4.84. The van der Waals surface area contributed by atoms with E-state index in [4.69, 9.17) is 0 Å². The van der Waals surface area contributed by atoms with E-state index in [1.54, 1.807) is 7.05 Å². The fourth-order valence-corrected chi connectivity index (χ4v) is 2.80. The quantitative estimate of drug-likeness (QED) is 0.831. The van der Waals surface area contributed by atoms with Gasteiger partial charge < -0.3 is 5.11 Å². The second kappa shape index (κ2) is 4.49. The van der Waals surface area contributed by atoms with Crippen LogP contribution in [-0.4, -0.2) is 31.4 Å². The summed E-state index contributed by atoms with van der Waals surface area (Å²) in [6, 6.07) is 0. The molecule has 1 aliphatic rings. The van der Waals surface area contributed by atoms with Gasteiger partial charge in [-0.05, 0) is 29.9 Å². The smallest absolute Gasteiger partial charge is 0.177 e. The second-order valence-electron chi connectivity index (χ2n) is 4.84. The molecule has 0 bridgehead atoms. The zero-order valence-electron chi connectivity index (χ0n) is 10.1. The van der Waals surface area contributed by atoms with Crippen LogP contribution >= 0.6 is 0 Å². The van der Waals surface area contributed by atoms with Crippen LogP contribution in [0, 0.1) is 5.41 Å². The molecule has 1 N–H and O–H groups in total. The molecule has 2 rings (SSSR count). The van der Waals surface area contributed by atoms with Crippen LogP contribution in [0.4, 0.5) is 0 Å². The molecule has 1 atom stereocenters. The molecule has 0 spiro atoms. The van der Waals surface area contributed by atoms with Crippen molar-refractivity contribution in [3.05, 3.63) is 5.82 Å². The van der Waals surface area contributed by atoms with Crippen LogP contribution in [0.25, 0.3) is 0 Å². The first kappa shape index (κ1) is 11.5. The highest BCUT2D eigenvalue weighted by Gasteiger charge is 2.39. The van der Waals surface area contributed by atoms with Crippen molar-refractivity contribution in [2.24, 2.45) is 12.5 Å². The Morgan fingerprint density at radius 3 is 2.62 bits per heavy atom. The van der Waals surface area contributed by atoms with Gasteiger partial charge in [0.15, 0.2) is 5.82 Å². The number of aromatic nitrogens is 4. The summed E-state index contributed by atoms with van der Waals surface area (Å²) < 4.78 is 0. The van der Waals surface area contributed by atoms with Crippen LogP contribution < -0.4 is 0 Å². The standard InChI is InChI=1S/C11H20N4O/c1-3-11(6-4-5-7-11)9(16)8-10-12-14-15(2)13-10/h9,16H,3-8H2,1-2H3. The Morgan fingerprint density at radius 1 is 1.44 bits per heavy atom. The Balaban J connectivity index is 2.03. The van der Waals surface area contributed by atoms with Gasteiger partial charge >= 0.3 is 0 Å². The fourth-order valence-electron chi connectivity index (χ4n) is 2.80. The van der Waals surface area contributed by atoms with Crippen molar-refractivity contribution in [1.29, 1.82) is 0 Å². The SMILES string of the molecule is CCC1(C(O)Cc2nnn(C)n2)CCCC1. The molecule has 1 aromatic rings. The minimum Gasteiger partial charge on any atom is -0.392 e. The summed E-state index contributed by atoms with van der Waals surface area (Å²) in [7, 11) is 1.74. The molecule has 16 heavy (non-hydrogen) atoms. The number of aliphatic hydroxyl groups is 1. The van der Waals surface area contributed by atoms with Crippen molar-refractivity contribution >= 4 is 0 Å². The first-order valence-electron chi connectivity index (χ1n) is 6.07. The minimum absolute atomic E-state index is 0.0964. The van der Waals surface area contributed by atoms with E-state index in [0.29, 0.717) is 12.2 Å². The van der Waals surface area contributed by atoms with Gasteiger partial charge in [0.1, 0.15) is 0 Å². The molecule has 1 aromatic heterocycles. The minimum atomic E-state index is -0.329. The summed E-state index contributed by atoms with van der Waals surface area (Å²) in [6.45, 7) is 2.17. The molecule has 1 saturated carbocycles. The highest BCUT2D eigenvalue weighted by Crippen LogP contribution is 2.44. The van der Waals surface area contributed by atoms with Gasteiger partial charge in [0.2, 0.25) is 0 Å². The summed E-state index contributed by atoms with van der Waals surface area (Å²) in [5.41, 5.74) is 0.0964. The first-order valence-corrected chi connectivity index (χ1v) is 6.07. The summed E-state index contributed by atoms with van der Waals surface area (Å²) in [4.78, 5) is 1.44. The van der Waals surface area contributed by atoms with Crippen molar-refractivity contribution < 1.29 is 5.11 Å². The highest BCUT2D eigenvalue weighted by atomic mass is 16.3. The third kappa shape index (κ3) is 2.09. The van der Waals surface area contributed by atoms with Crippen molar-refractivity contribution in [2.75, 3.05) is 0 Å². The van der Waals surface area contributed by atoms with Crippen LogP contribution in [0.5, 0.6) is 0 Å². The highest BCUT2D eigenvalue weighted by molar-refractivity contribution is 4.94. The van der Waals surface area contributed by atoms with Gasteiger partial charge in [0, 0.05) is 6.42 Å². The van der Waals surface area contributed by atoms with Crippen molar-refractivity contribution in [3.63, 3.8) is 0 Å². The van der Waals surface area contributed by atoms with Gasteiger partial charge in [-0.15, -0.1) is 10.2 Å². The molecule has 1 fully saturated rings. The zero-order valence-corrected chi connectivity index (χ0v) is 10.1. The lowest BCUT2D eigenvalue weighted by molar-refractivity contribution is 0.0242. The Kier molecular flexibility index (Phi) is 3.23. The maximum absolute atomic E-state index is 10.3. The first-order chi connectivity index (χ1) is 7.66. The zero-order chi connectivity index (χ0) is 11.6. The van der Waals surface area contributed by atoms with Gasteiger partial charge in [-0.3, -0.25) is 0 Å². The Labute approximate surface area is 95.9 Å². The van der Waals surface area contributed by atoms with E-state index < -0.39 is 0 Å². The largest absolute Gasteiger partial charge is 0.392 e. The Hall–Kier alpha value is -0.970. The van der Waals surface area contributed by atoms with E-state index in [1.807, 2.05) is 0 Å². The summed E-state index contributed by atoms with van der Waals surface area (Å²) in [5.74, 6) is 0.648. The van der Waals surface area contributed by atoms with Gasteiger partial charge in [-0.1, -0.05) is 19.8 Å². The lowest BCUT2D eigenvalue weighted by Gasteiger charge is -2.32. The molecule has 1 unspecified atom stereocenters. The Bertz CT molecular complexity index is 344. The van der Waals surface area contributed by atoms with Gasteiger partial charge in [-0.2, -0.15) is 4.80 Å². The molecule has 0 saturated heterocycles. The number of nitrogens with zero attached hydrogens (tertiary/aromatic N) is 4. The van der Waals surface area contributed by atoms with Crippen LogP contribution in [-0.2, 0) is 13.5 Å². The van der Waals surface area contributed by atoms with Crippen LogP contribution in [0.1, 0.15) is 44.9 Å². The Morgan fingerprint density at radius 2 is 2.12 bits per heavy atom. The molecule has 5 nitrogen and oxygen atoms in total. The predicted molar refractivity (Wildman–Crippen MR) is 59.7 cm³/mol. The monoisotopic (exact) mass is 224 g/mol. The van der Waals surface area contributed by atoms with Gasteiger partial charge in [-0.25, -0.2) is 0 Å². The lowest BCUT2D eigenvalue weighted by atomic mass is 9.76. The predicted octanol–water partition coefficient (Wildman–Crippen LogP) is 1.08. The number of hydrogen-bond donors (Lipinski definition) is 1. The fraction of sp³-hybridized carbons (Fsp3) is 0.909. The lowest BCUT2D eigenvalue weighted by Crippen LogP contribution is -2.34. The van der Waals surface area contributed by atoms with E-state index >= 15 is 0 Å². The number of aliphatic hydroxyl groups excluding tert-OH is 1. The third-order valence-electron chi connectivity index (χ3n) is 3.94. The third-order valence-corrected chi connectivity index (χ3v) is 3.94. The molecular formula is C11H20N4O. The van der Waals surface area contributed by atoms with Crippen LogP contribution in [0.2, 0.25) is 0 Å². The molecule has 1 aliphatic carbocycles. The van der Waals surface area contributed by atoms with E-state index in [1.165, 1.54) is 17.6 Å². The normalized spacial score (nSPS) is 21.2. The van der Waals surface area contributed by atoms with Gasteiger partial charge in [0.05, 0.1) is 13.2 Å². The summed E-state index contributed by atoms with van der Waals surface area (Å²) in [5, 5.41) is 22.2. The van der Waals surface area contributed by atoms with Crippen LogP contribution in [0.3, 0.4) is 0 Å². The van der Waals surface area contributed by atoms with Crippen LogP contribution in [0.15, 0.2) is 0 Å². The average molecular weight is 224 g/mol. The van der Waals surface area contributed by atoms with E-state index in [0.717, 1.165) is 19.3 Å². The van der Waals surface area contributed by atoms with E-state index in [9.17, 15) is 5.11 Å². The van der Waals surface area contributed by atoms with E-state index in [2.05, 4.69) is 22.3 Å². The van der Waals surface area contributed by atoms with Gasteiger partial charge in [0.25, 0.3) is 0 Å². The average Bonchev–Trinajstić information content (AvgIpc) is 2.88.